The Hall–Kier alpha value is -0.887. The normalized spacial score (nSPS) is 11.9. The van der Waals surface area contributed by atoms with Crippen molar-refractivity contribution in [3.05, 3.63) is 28.8 Å². The summed E-state index contributed by atoms with van der Waals surface area (Å²) in [4.78, 5) is 11.2. The van der Waals surface area contributed by atoms with Gasteiger partial charge in [0, 0.05) is 25.0 Å². The molecular weight excluding hydrogens is 294 g/mol. The molecule has 0 unspecified atom stereocenters. The zero-order chi connectivity index (χ0) is 14.3. The fourth-order valence-electron chi connectivity index (χ4n) is 1.80. The third kappa shape index (κ3) is 4.04. The summed E-state index contributed by atoms with van der Waals surface area (Å²) in [5, 5.41) is 19.3. The first kappa shape index (κ1) is 18.1. The fourth-order valence-corrected chi connectivity index (χ4v) is 1.80. The molecule has 0 aliphatic rings. The zero-order valence-corrected chi connectivity index (χ0v) is 15.6. The third-order valence-electron chi connectivity index (χ3n) is 3.01. The van der Waals surface area contributed by atoms with Crippen LogP contribution in [-0.4, -0.2) is 16.2 Å². The molecule has 0 aliphatic heterocycles. The van der Waals surface area contributed by atoms with Crippen molar-refractivity contribution in [2.24, 2.45) is 0 Å². The first-order valence-corrected chi connectivity index (χ1v) is 6.06. The van der Waals surface area contributed by atoms with E-state index in [9.17, 15) is 15.0 Å². The number of carboxylic acid groups (broad SMARTS) is 1. The Morgan fingerprint density at radius 2 is 1.47 bits per heavy atom. The Morgan fingerprint density at radius 3 is 1.79 bits per heavy atom. The molecule has 0 saturated heterocycles. The Labute approximate surface area is 127 Å². The number of hydrogen-bond acceptors (Lipinski definition) is 2. The maximum Gasteiger partial charge on any atom is 0.339 e. The van der Waals surface area contributed by atoms with Crippen molar-refractivity contribution < 1.29 is 34.5 Å². The number of carboxylic acids is 1. The second-order valence-corrected chi connectivity index (χ2v) is 6.73. The van der Waals surface area contributed by atoms with Crippen LogP contribution >= 0.6 is 0 Å². The largest absolute Gasteiger partial charge is 0.507 e. The Balaban J connectivity index is 0.00000324. The van der Waals surface area contributed by atoms with Gasteiger partial charge in [0.25, 0.3) is 0 Å². The molecule has 0 fully saturated rings. The van der Waals surface area contributed by atoms with E-state index in [1.54, 1.807) is 6.07 Å². The molecular formula is C15H22O3Zn. The maximum atomic E-state index is 11.2. The molecule has 0 atom stereocenters. The van der Waals surface area contributed by atoms with Gasteiger partial charge in [0.2, 0.25) is 0 Å². The molecule has 0 bridgehead atoms. The molecule has 2 N–H and O–H groups in total. The summed E-state index contributed by atoms with van der Waals surface area (Å²) >= 11 is 0. The SMILES string of the molecule is CC(C)(C)c1cc(C(=O)O)c(O)c(C(C)(C)C)c1.[Zn]. The number of hydrogen-bond donors (Lipinski definition) is 2. The summed E-state index contributed by atoms with van der Waals surface area (Å²) in [6.07, 6.45) is 0. The maximum absolute atomic E-state index is 11.2. The van der Waals surface area contributed by atoms with Crippen LogP contribution in [0.4, 0.5) is 0 Å². The number of rotatable bonds is 1. The third-order valence-corrected chi connectivity index (χ3v) is 3.01. The summed E-state index contributed by atoms with van der Waals surface area (Å²) in [6.45, 7) is 12.0. The molecule has 0 heterocycles. The number of benzene rings is 1. The Bertz CT molecular complexity index is 479. The van der Waals surface area contributed by atoms with E-state index in [0.717, 1.165) is 5.56 Å². The van der Waals surface area contributed by atoms with Gasteiger partial charge in [0.1, 0.15) is 11.3 Å². The fraction of sp³-hybridized carbons (Fsp3) is 0.533. The van der Waals surface area contributed by atoms with Crippen LogP contribution in [0.3, 0.4) is 0 Å². The van der Waals surface area contributed by atoms with Crippen molar-refractivity contribution in [2.45, 2.75) is 52.4 Å². The number of carbonyl (C=O) groups is 1. The topological polar surface area (TPSA) is 57.5 Å². The first-order chi connectivity index (χ1) is 7.94. The van der Waals surface area contributed by atoms with E-state index in [4.69, 9.17) is 0 Å². The predicted molar refractivity (Wildman–Crippen MR) is 72.5 cm³/mol. The molecule has 0 aliphatic carbocycles. The molecule has 0 radical (unpaired) electrons. The summed E-state index contributed by atoms with van der Waals surface area (Å²) in [5.74, 6) is -1.22. The van der Waals surface area contributed by atoms with Crippen LogP contribution in [0.1, 0.15) is 63.0 Å². The van der Waals surface area contributed by atoms with Gasteiger partial charge in [0.05, 0.1) is 0 Å². The van der Waals surface area contributed by atoms with Gasteiger partial charge in [-0.1, -0.05) is 47.6 Å². The van der Waals surface area contributed by atoms with Crippen LogP contribution in [0.15, 0.2) is 12.1 Å². The molecule has 0 aromatic heterocycles. The van der Waals surface area contributed by atoms with Crippen molar-refractivity contribution in [1.82, 2.24) is 0 Å². The van der Waals surface area contributed by atoms with Gasteiger partial charge in [-0.15, -0.1) is 0 Å². The summed E-state index contributed by atoms with van der Waals surface area (Å²) < 4.78 is 0. The van der Waals surface area contributed by atoms with E-state index in [1.807, 2.05) is 47.6 Å². The molecule has 1 aromatic carbocycles. The van der Waals surface area contributed by atoms with Crippen LogP contribution in [-0.2, 0) is 30.3 Å². The van der Waals surface area contributed by atoms with Gasteiger partial charge in [-0.25, -0.2) is 4.79 Å². The van der Waals surface area contributed by atoms with Crippen LogP contribution in [0.25, 0.3) is 0 Å². The van der Waals surface area contributed by atoms with E-state index in [2.05, 4.69) is 0 Å². The average molecular weight is 316 g/mol. The van der Waals surface area contributed by atoms with Crippen LogP contribution in [0.5, 0.6) is 5.75 Å². The Morgan fingerprint density at radius 1 is 1.00 bits per heavy atom. The van der Waals surface area contributed by atoms with E-state index in [0.29, 0.717) is 5.56 Å². The number of aromatic carboxylic acids is 1. The van der Waals surface area contributed by atoms with E-state index in [1.165, 1.54) is 0 Å². The summed E-state index contributed by atoms with van der Waals surface area (Å²) in [7, 11) is 0. The molecule has 1 rings (SSSR count). The molecule has 0 spiro atoms. The van der Waals surface area contributed by atoms with Crippen LogP contribution in [0.2, 0.25) is 0 Å². The van der Waals surface area contributed by atoms with Gasteiger partial charge in [-0.05, 0) is 22.5 Å². The van der Waals surface area contributed by atoms with Crippen molar-refractivity contribution in [1.29, 1.82) is 0 Å². The Kier molecular flexibility index (Phi) is 5.36. The van der Waals surface area contributed by atoms with E-state index >= 15 is 0 Å². The molecule has 0 saturated carbocycles. The van der Waals surface area contributed by atoms with Crippen molar-refractivity contribution >= 4 is 5.97 Å². The van der Waals surface area contributed by atoms with Gasteiger partial charge in [-0.3, -0.25) is 0 Å². The average Bonchev–Trinajstić information content (AvgIpc) is 2.13. The summed E-state index contributed by atoms with van der Waals surface area (Å²) in [5.41, 5.74) is 1.12. The van der Waals surface area contributed by atoms with Gasteiger partial charge < -0.3 is 10.2 Å². The van der Waals surface area contributed by atoms with Gasteiger partial charge in [0.15, 0.2) is 0 Å². The molecule has 1 aromatic rings. The molecule has 3 nitrogen and oxygen atoms in total. The van der Waals surface area contributed by atoms with E-state index < -0.39 is 5.97 Å². The minimum absolute atomic E-state index is 0. The number of phenols is 1. The molecule has 19 heavy (non-hydrogen) atoms. The van der Waals surface area contributed by atoms with Crippen molar-refractivity contribution in [3.63, 3.8) is 0 Å². The summed E-state index contributed by atoms with van der Waals surface area (Å²) in [6, 6.07) is 3.47. The predicted octanol–water partition coefficient (Wildman–Crippen LogP) is 3.68. The second-order valence-electron chi connectivity index (χ2n) is 6.73. The zero-order valence-electron chi connectivity index (χ0n) is 12.7. The standard InChI is InChI=1S/C15H22O3.Zn/c1-14(2,3)9-7-10(13(17)18)12(16)11(8-9)15(4,5)6;/h7-8,16H,1-6H3,(H,17,18);. The smallest absolute Gasteiger partial charge is 0.339 e. The first-order valence-electron chi connectivity index (χ1n) is 6.06. The van der Waals surface area contributed by atoms with Gasteiger partial charge in [-0.2, -0.15) is 0 Å². The minimum Gasteiger partial charge on any atom is -0.507 e. The van der Waals surface area contributed by atoms with E-state index in [-0.39, 0.29) is 41.6 Å². The van der Waals surface area contributed by atoms with Gasteiger partial charge >= 0.3 is 5.97 Å². The van der Waals surface area contributed by atoms with Crippen LogP contribution in [0, 0.1) is 0 Å². The quantitative estimate of drug-likeness (QED) is 0.777. The number of aromatic hydroxyl groups is 1. The molecule has 102 valence electrons. The molecule has 0 amide bonds. The second kappa shape index (κ2) is 5.62. The molecule has 4 heteroatoms. The van der Waals surface area contributed by atoms with Crippen molar-refractivity contribution in [3.8, 4) is 5.75 Å². The van der Waals surface area contributed by atoms with Crippen molar-refractivity contribution in [2.75, 3.05) is 0 Å². The monoisotopic (exact) mass is 314 g/mol. The van der Waals surface area contributed by atoms with Crippen LogP contribution < -0.4 is 0 Å². The minimum atomic E-state index is -1.09.